The second kappa shape index (κ2) is 21.1. The second-order valence-electron chi connectivity index (χ2n) is 18.8. The molecule has 3 aromatic rings. The Morgan fingerprint density at radius 3 is 2.33 bits per heavy atom. The van der Waals surface area contributed by atoms with E-state index in [1.54, 1.807) is 30.0 Å². The van der Waals surface area contributed by atoms with Gasteiger partial charge in [-0.15, -0.1) is 11.8 Å². The average Bonchev–Trinajstić information content (AvgIpc) is 4.07. The molecule has 0 bridgehead atoms. The molecule has 67 heavy (non-hydrogen) atoms. The topological polar surface area (TPSA) is 208 Å². The molecule has 5 N–H and O–H groups in total. The Hall–Kier alpha value is -5.66. The molecule has 0 saturated carbocycles. The summed E-state index contributed by atoms with van der Waals surface area (Å²) in [4.78, 5) is 96.1. The van der Waals surface area contributed by atoms with Crippen LogP contribution in [-0.4, -0.2) is 137 Å². The smallest absolute Gasteiger partial charge is 0.262 e. The highest BCUT2D eigenvalue weighted by Crippen LogP contribution is 2.31. The lowest BCUT2D eigenvalue weighted by Crippen LogP contribution is -2.54. The van der Waals surface area contributed by atoms with Gasteiger partial charge in [-0.2, -0.15) is 0 Å². The van der Waals surface area contributed by atoms with Crippen LogP contribution in [0.15, 0.2) is 72.8 Å². The van der Waals surface area contributed by atoms with Crippen LogP contribution in [0.25, 0.3) is 0 Å². The first-order valence-electron chi connectivity index (χ1n) is 23.2. The number of imide groups is 2. The lowest BCUT2D eigenvalue weighted by Gasteiger charge is -2.32. The van der Waals surface area contributed by atoms with Crippen LogP contribution in [-0.2, 0) is 30.5 Å². The van der Waals surface area contributed by atoms with Crippen molar-refractivity contribution in [2.75, 3.05) is 51.7 Å². The molecule has 4 fully saturated rings. The number of amides is 7. The van der Waals surface area contributed by atoms with Gasteiger partial charge in [0.25, 0.3) is 17.7 Å². The maximum absolute atomic E-state index is 13.7. The number of carbonyl (C=O) groups excluding carboxylic acids is 7. The van der Waals surface area contributed by atoms with Gasteiger partial charge in [0.2, 0.25) is 23.6 Å². The zero-order chi connectivity index (χ0) is 47.2. The van der Waals surface area contributed by atoms with Gasteiger partial charge in [-0.3, -0.25) is 58.9 Å². The zero-order valence-corrected chi connectivity index (χ0v) is 39.0. The van der Waals surface area contributed by atoms with Crippen molar-refractivity contribution in [3.05, 3.63) is 101 Å². The number of carbonyl (C=O) groups is 7. The van der Waals surface area contributed by atoms with Crippen molar-refractivity contribution in [2.24, 2.45) is 5.92 Å². The molecule has 356 valence electrons. The molecule has 3 aromatic carbocycles. The molecule has 5 aliphatic heterocycles. The summed E-state index contributed by atoms with van der Waals surface area (Å²) >= 11 is 1.61. The number of likely N-dealkylation sites (tertiary alicyclic amines) is 2. The Balaban J connectivity index is 0.765. The van der Waals surface area contributed by atoms with E-state index in [0.717, 1.165) is 60.7 Å². The number of hydrogen-bond donors (Lipinski definition) is 5. The third-order valence-corrected chi connectivity index (χ3v) is 14.3. The van der Waals surface area contributed by atoms with Gasteiger partial charge >= 0.3 is 0 Å². The molecule has 5 atom stereocenters. The zero-order valence-electron chi connectivity index (χ0n) is 38.2. The van der Waals surface area contributed by atoms with Crippen LogP contribution in [0.5, 0.6) is 5.75 Å². The number of ether oxygens (including phenoxy) is 2. The third kappa shape index (κ3) is 11.7. The predicted molar refractivity (Wildman–Crippen MR) is 250 cm³/mol. The molecule has 17 nitrogen and oxygen atoms in total. The van der Waals surface area contributed by atoms with Crippen LogP contribution < -0.4 is 31.3 Å². The summed E-state index contributed by atoms with van der Waals surface area (Å²) in [6.07, 6.45) is 2.38. The Morgan fingerprint density at radius 2 is 1.61 bits per heavy atom. The number of piperidine rings is 2. The summed E-state index contributed by atoms with van der Waals surface area (Å²) in [7, 11) is 0. The molecule has 4 unspecified atom stereocenters. The molecule has 18 heteroatoms. The highest BCUT2D eigenvalue weighted by Gasteiger charge is 2.45. The van der Waals surface area contributed by atoms with E-state index >= 15 is 0 Å². The number of rotatable bonds is 16. The minimum Gasteiger partial charge on any atom is -0.492 e. The molecule has 4 saturated heterocycles. The van der Waals surface area contributed by atoms with Crippen LogP contribution in [0.1, 0.15) is 101 Å². The number of thioether (sulfide) groups is 1. The number of nitrogens with zero attached hydrogens (tertiary/aromatic N) is 3. The Bertz CT molecular complexity index is 2340. The predicted octanol–water partition coefficient (Wildman–Crippen LogP) is 2.96. The fourth-order valence-electron chi connectivity index (χ4n) is 9.17. The number of fused-ring (bicyclic) bond motifs is 1. The van der Waals surface area contributed by atoms with Crippen molar-refractivity contribution in [1.29, 1.82) is 0 Å². The molecule has 5 aliphatic rings. The van der Waals surface area contributed by atoms with E-state index in [0.29, 0.717) is 31.0 Å². The third-order valence-electron chi connectivity index (χ3n) is 13.2. The van der Waals surface area contributed by atoms with Gasteiger partial charge < -0.3 is 25.4 Å². The van der Waals surface area contributed by atoms with Crippen molar-refractivity contribution < 1.29 is 43.0 Å². The van der Waals surface area contributed by atoms with Crippen molar-refractivity contribution in [3.8, 4) is 5.75 Å². The fraction of sp³-hybridized carbons (Fsp3) is 0.490. The Morgan fingerprint density at radius 1 is 0.866 bits per heavy atom. The van der Waals surface area contributed by atoms with Crippen molar-refractivity contribution in [2.45, 2.75) is 94.7 Å². The molecule has 0 radical (unpaired) electrons. The maximum atomic E-state index is 13.7. The van der Waals surface area contributed by atoms with Gasteiger partial charge in [0.05, 0.1) is 30.3 Å². The summed E-state index contributed by atoms with van der Waals surface area (Å²) in [6.45, 7) is 10.5. The molecular weight excluding hydrogens is 877 g/mol. The van der Waals surface area contributed by atoms with Gasteiger partial charge in [-0.05, 0) is 94.5 Å². The van der Waals surface area contributed by atoms with E-state index in [2.05, 4.69) is 69.3 Å². The van der Waals surface area contributed by atoms with Gasteiger partial charge in [0.1, 0.15) is 29.9 Å². The fourth-order valence-corrected chi connectivity index (χ4v) is 10.3. The van der Waals surface area contributed by atoms with Crippen LogP contribution in [0.2, 0.25) is 0 Å². The normalized spacial score (nSPS) is 23.2. The monoisotopic (exact) mass is 936 g/mol. The summed E-state index contributed by atoms with van der Waals surface area (Å²) in [5, 5.41) is 14.9. The van der Waals surface area contributed by atoms with E-state index < -0.39 is 35.7 Å². The molecule has 7 amide bonds. The van der Waals surface area contributed by atoms with E-state index in [1.165, 1.54) is 12.1 Å². The highest BCUT2D eigenvalue weighted by molar-refractivity contribution is 8.00. The lowest BCUT2D eigenvalue weighted by molar-refractivity contribution is -0.136. The number of nitrogens with one attached hydrogen (secondary N) is 5. The molecule has 0 aliphatic carbocycles. The number of benzene rings is 3. The van der Waals surface area contributed by atoms with Crippen LogP contribution in [0.4, 0.5) is 0 Å². The molecular formula is C49H60N8O9S. The van der Waals surface area contributed by atoms with Gasteiger partial charge in [-0.1, -0.05) is 42.5 Å². The first-order valence-corrected chi connectivity index (χ1v) is 24.2. The minimum absolute atomic E-state index is 0.00126. The Labute approximate surface area is 394 Å². The summed E-state index contributed by atoms with van der Waals surface area (Å²) in [5.74, 6) is -1.86. The lowest BCUT2D eigenvalue weighted by atomic mass is 10.0. The highest BCUT2D eigenvalue weighted by atomic mass is 32.2. The number of hydrogen-bond acceptors (Lipinski definition) is 13. The Kier molecular flexibility index (Phi) is 15.1. The van der Waals surface area contributed by atoms with E-state index in [1.807, 2.05) is 30.3 Å². The quantitative estimate of drug-likeness (QED) is 0.131. The summed E-state index contributed by atoms with van der Waals surface area (Å²) in [5.41, 5.74) is 2.49. The second-order valence-corrected chi connectivity index (χ2v) is 20.0. The first kappa shape index (κ1) is 47.8. The van der Waals surface area contributed by atoms with Gasteiger partial charge in [0.15, 0.2) is 0 Å². The SMILES string of the molecule is CC(C)(C)N1CCC(C(=O)N[C@@H](COCc2ccc(C(=O)NC3CCN(CCOc4ccc5c(c4)C(=O)N(C4CCC(=O)NC4=O)C5=O)CC3)cc2)C(=O)NC2NC(c3ccccc3)CS2)C1. The van der Waals surface area contributed by atoms with Crippen molar-refractivity contribution >= 4 is 53.1 Å². The molecule has 8 rings (SSSR count). The van der Waals surface area contributed by atoms with Crippen LogP contribution in [0, 0.1) is 5.92 Å². The van der Waals surface area contributed by atoms with E-state index in [4.69, 9.17) is 9.47 Å². The van der Waals surface area contributed by atoms with Crippen LogP contribution in [0.3, 0.4) is 0 Å². The summed E-state index contributed by atoms with van der Waals surface area (Å²) < 4.78 is 12.0. The molecule has 0 aromatic heterocycles. The van der Waals surface area contributed by atoms with E-state index in [9.17, 15) is 33.6 Å². The van der Waals surface area contributed by atoms with Crippen LogP contribution >= 0.6 is 11.8 Å². The largest absolute Gasteiger partial charge is 0.492 e. The van der Waals surface area contributed by atoms with Gasteiger partial charge in [-0.25, -0.2) is 0 Å². The summed E-state index contributed by atoms with van der Waals surface area (Å²) in [6, 6.07) is 20.1. The minimum atomic E-state index is -1.03. The van der Waals surface area contributed by atoms with Crippen molar-refractivity contribution in [1.82, 2.24) is 41.3 Å². The average molecular weight is 937 g/mol. The van der Waals surface area contributed by atoms with Gasteiger partial charge in [0, 0.05) is 61.5 Å². The van der Waals surface area contributed by atoms with Crippen molar-refractivity contribution in [3.63, 3.8) is 0 Å². The first-order chi connectivity index (χ1) is 32.2. The maximum Gasteiger partial charge on any atom is 0.262 e. The van der Waals surface area contributed by atoms with E-state index in [-0.39, 0.29) is 83.9 Å². The molecule has 0 spiro atoms. The standard InChI is InChI=1S/C49H60N8O9S/c1-49(2,3)56-22-17-33(26-56)43(60)51-38(44(61)54-48-52-39(29-67-48)31-7-5-4-6-8-31)28-65-27-30-9-11-32(12-10-30)42(59)50-34-18-20-55(21-19-34)23-24-66-35-13-14-36-37(25-35)47(64)57(46(36)63)40-15-16-41(58)53-45(40)62/h4-14,25,33-34,38-40,48,52H,15-24,26-29H2,1-3H3,(H,50,59)(H,51,60)(H,54,61)(H,53,58,62)/t33?,38-,39?,40?,48?/m0/s1. The molecule has 5 heterocycles.